The number of carbonyl (C=O) groups excluding carboxylic acids is 3. The monoisotopic (exact) mass is 417 g/mol. The van der Waals surface area contributed by atoms with Crippen molar-refractivity contribution in [2.24, 2.45) is 0 Å². The first-order chi connectivity index (χ1) is 13.9. The number of amides is 2. The molecule has 1 atom stereocenters. The van der Waals surface area contributed by atoms with Gasteiger partial charge >= 0.3 is 5.97 Å². The molecule has 0 aliphatic carbocycles. The van der Waals surface area contributed by atoms with Crippen LogP contribution in [0.3, 0.4) is 0 Å². The van der Waals surface area contributed by atoms with Crippen LogP contribution in [0.1, 0.15) is 28.1 Å². The summed E-state index contributed by atoms with van der Waals surface area (Å²) in [7, 11) is 0. The van der Waals surface area contributed by atoms with Crippen molar-refractivity contribution in [2.75, 3.05) is 18.5 Å². The van der Waals surface area contributed by atoms with Gasteiger partial charge in [0.15, 0.2) is 6.61 Å². The number of nitro groups is 1. The number of esters is 1. The summed E-state index contributed by atoms with van der Waals surface area (Å²) in [6.45, 7) is 1.50. The Bertz CT molecular complexity index is 943. The highest BCUT2D eigenvalue weighted by atomic mass is 32.1. The molecule has 1 N–H and O–H groups in total. The summed E-state index contributed by atoms with van der Waals surface area (Å²) in [6, 6.07) is 7.03. The number of hydrogen-bond donors (Lipinski definition) is 1. The lowest BCUT2D eigenvalue weighted by molar-refractivity contribution is -0.385. The summed E-state index contributed by atoms with van der Waals surface area (Å²) < 4.78 is 5.08. The number of hydrogen-bond acceptors (Lipinski definition) is 7. The van der Waals surface area contributed by atoms with Gasteiger partial charge in [0, 0.05) is 23.9 Å². The van der Waals surface area contributed by atoms with E-state index in [1.807, 2.05) is 0 Å². The molecule has 0 bridgehead atoms. The Morgan fingerprint density at radius 3 is 2.83 bits per heavy atom. The van der Waals surface area contributed by atoms with Crippen LogP contribution in [0.4, 0.5) is 11.4 Å². The largest absolute Gasteiger partial charge is 0.454 e. The molecule has 1 fully saturated rings. The molecule has 2 aromatic rings. The maximum Gasteiger partial charge on any atom is 0.329 e. The topological polar surface area (TPSA) is 119 Å². The molecule has 29 heavy (non-hydrogen) atoms. The van der Waals surface area contributed by atoms with Gasteiger partial charge < -0.3 is 15.0 Å². The second-order valence-electron chi connectivity index (χ2n) is 6.55. The summed E-state index contributed by atoms with van der Waals surface area (Å²) in [5, 5.41) is 15.2. The smallest absolute Gasteiger partial charge is 0.329 e. The number of anilines is 1. The van der Waals surface area contributed by atoms with Crippen LogP contribution in [0, 0.1) is 17.0 Å². The Hall–Kier alpha value is -3.27. The van der Waals surface area contributed by atoms with Crippen molar-refractivity contribution < 1.29 is 24.0 Å². The van der Waals surface area contributed by atoms with E-state index in [-0.39, 0.29) is 17.3 Å². The molecule has 3 rings (SSSR count). The lowest BCUT2D eigenvalue weighted by Gasteiger charge is -2.22. The summed E-state index contributed by atoms with van der Waals surface area (Å²) in [4.78, 5) is 49.4. The highest BCUT2D eigenvalue weighted by Gasteiger charge is 2.36. The third-order valence-corrected chi connectivity index (χ3v) is 5.41. The van der Waals surface area contributed by atoms with Crippen molar-refractivity contribution >= 4 is 40.5 Å². The van der Waals surface area contributed by atoms with Crippen LogP contribution in [-0.4, -0.2) is 46.8 Å². The summed E-state index contributed by atoms with van der Waals surface area (Å²) in [5.74, 6) is -1.49. The zero-order valence-corrected chi connectivity index (χ0v) is 16.4. The molecule has 1 saturated heterocycles. The lowest BCUT2D eigenvalue weighted by Crippen LogP contribution is -2.41. The third kappa shape index (κ3) is 4.77. The summed E-state index contributed by atoms with van der Waals surface area (Å²) >= 11 is 1.30. The van der Waals surface area contributed by atoms with E-state index in [1.54, 1.807) is 24.4 Å². The number of rotatable bonds is 6. The first kappa shape index (κ1) is 20.5. The zero-order chi connectivity index (χ0) is 21.0. The number of ether oxygens (including phenoxy) is 1. The molecule has 0 radical (unpaired) electrons. The highest BCUT2D eigenvalue weighted by Crippen LogP contribution is 2.24. The minimum Gasteiger partial charge on any atom is -0.454 e. The van der Waals surface area contributed by atoms with Crippen LogP contribution in [0.5, 0.6) is 0 Å². The molecule has 10 heteroatoms. The Balaban J connectivity index is 1.56. The Kier molecular flexibility index (Phi) is 6.23. The molecule has 1 unspecified atom stereocenters. The molecular formula is C19H19N3O6S. The molecule has 1 aromatic carbocycles. The van der Waals surface area contributed by atoms with E-state index in [0.29, 0.717) is 29.8 Å². The Labute approximate surface area is 170 Å². The number of nitrogens with zero attached hydrogens (tertiary/aromatic N) is 2. The molecule has 0 spiro atoms. The van der Waals surface area contributed by atoms with Crippen LogP contribution in [0.15, 0.2) is 35.7 Å². The number of nitrogens with one attached hydrogen (secondary N) is 1. The molecular weight excluding hydrogens is 398 g/mol. The predicted molar refractivity (Wildman–Crippen MR) is 106 cm³/mol. The van der Waals surface area contributed by atoms with Crippen LogP contribution in [-0.2, 0) is 14.3 Å². The number of likely N-dealkylation sites (tertiary alicyclic amines) is 1. The van der Waals surface area contributed by atoms with Gasteiger partial charge in [0.05, 0.1) is 9.80 Å². The number of aryl methyl sites for hydroxylation is 1. The van der Waals surface area contributed by atoms with Gasteiger partial charge in [-0.2, -0.15) is 0 Å². The fourth-order valence-electron chi connectivity index (χ4n) is 3.11. The van der Waals surface area contributed by atoms with Crippen molar-refractivity contribution in [1.29, 1.82) is 0 Å². The summed E-state index contributed by atoms with van der Waals surface area (Å²) in [5.41, 5.74) is 0.586. The number of benzene rings is 1. The van der Waals surface area contributed by atoms with Gasteiger partial charge in [-0.3, -0.25) is 19.7 Å². The van der Waals surface area contributed by atoms with Crippen LogP contribution in [0.2, 0.25) is 0 Å². The second-order valence-corrected chi connectivity index (χ2v) is 7.50. The van der Waals surface area contributed by atoms with Crippen molar-refractivity contribution in [2.45, 2.75) is 25.8 Å². The van der Waals surface area contributed by atoms with Gasteiger partial charge in [-0.25, -0.2) is 4.79 Å². The molecule has 152 valence electrons. The predicted octanol–water partition coefficient (Wildman–Crippen LogP) is 2.75. The standard InChI is InChI=1S/C19H19N3O6S/c1-12-6-7-13(10-15(12)22(26)27)20-17(23)11-28-19(25)14-4-2-8-21(14)18(24)16-5-3-9-29-16/h3,5-7,9-10,14H,2,4,8,11H2,1H3,(H,20,23). The third-order valence-electron chi connectivity index (χ3n) is 4.55. The van der Waals surface area contributed by atoms with Crippen molar-refractivity contribution in [1.82, 2.24) is 4.90 Å². The molecule has 1 aromatic heterocycles. The maximum atomic E-state index is 12.5. The van der Waals surface area contributed by atoms with Gasteiger partial charge in [-0.15, -0.1) is 11.3 Å². The average molecular weight is 417 g/mol. The number of carbonyl (C=O) groups is 3. The molecule has 9 nitrogen and oxygen atoms in total. The van der Waals surface area contributed by atoms with Crippen LogP contribution >= 0.6 is 11.3 Å². The van der Waals surface area contributed by atoms with Gasteiger partial charge in [0.25, 0.3) is 17.5 Å². The van der Waals surface area contributed by atoms with Crippen LogP contribution < -0.4 is 5.32 Å². The SMILES string of the molecule is Cc1ccc(NC(=O)COC(=O)C2CCCN2C(=O)c2cccs2)cc1[N+](=O)[O-]. The maximum absolute atomic E-state index is 12.5. The second kappa shape index (κ2) is 8.82. The minimum absolute atomic E-state index is 0.117. The van der Waals surface area contributed by atoms with Crippen LogP contribution in [0.25, 0.3) is 0 Å². The fourth-order valence-corrected chi connectivity index (χ4v) is 3.79. The van der Waals surface area contributed by atoms with E-state index in [2.05, 4.69) is 5.32 Å². The quantitative estimate of drug-likeness (QED) is 0.439. The Morgan fingerprint density at radius 2 is 2.14 bits per heavy atom. The summed E-state index contributed by atoms with van der Waals surface area (Å²) in [6.07, 6.45) is 1.15. The van der Waals surface area contributed by atoms with E-state index >= 15 is 0 Å². The van der Waals surface area contributed by atoms with Crippen molar-refractivity contribution in [3.05, 3.63) is 56.3 Å². The van der Waals surface area contributed by atoms with Crippen molar-refractivity contribution in [3.8, 4) is 0 Å². The normalized spacial score (nSPS) is 15.8. The zero-order valence-electron chi connectivity index (χ0n) is 15.6. The van der Waals surface area contributed by atoms with Gasteiger partial charge in [-0.1, -0.05) is 12.1 Å². The van der Waals surface area contributed by atoms with E-state index in [9.17, 15) is 24.5 Å². The fraction of sp³-hybridized carbons (Fsp3) is 0.316. The first-order valence-electron chi connectivity index (χ1n) is 8.93. The number of thiophene rings is 1. The highest BCUT2D eigenvalue weighted by molar-refractivity contribution is 7.12. The van der Waals surface area contributed by atoms with E-state index in [1.165, 1.54) is 34.4 Å². The van der Waals surface area contributed by atoms with Gasteiger partial charge in [0.1, 0.15) is 6.04 Å². The van der Waals surface area contributed by atoms with Crippen molar-refractivity contribution in [3.63, 3.8) is 0 Å². The van der Waals surface area contributed by atoms with E-state index in [0.717, 1.165) is 0 Å². The van der Waals surface area contributed by atoms with Gasteiger partial charge in [0.2, 0.25) is 0 Å². The Morgan fingerprint density at radius 1 is 1.34 bits per heavy atom. The molecule has 1 aliphatic rings. The lowest BCUT2D eigenvalue weighted by atomic mass is 10.2. The van der Waals surface area contributed by atoms with E-state index < -0.39 is 29.4 Å². The molecule has 2 heterocycles. The molecule has 2 amide bonds. The van der Waals surface area contributed by atoms with Gasteiger partial charge in [-0.05, 0) is 37.3 Å². The number of nitro benzene ring substituents is 1. The molecule has 1 aliphatic heterocycles. The minimum atomic E-state index is -0.724. The van der Waals surface area contributed by atoms with E-state index in [4.69, 9.17) is 4.74 Å². The average Bonchev–Trinajstić information content (AvgIpc) is 3.39. The molecule has 0 saturated carbocycles. The first-order valence-corrected chi connectivity index (χ1v) is 9.81.